The predicted molar refractivity (Wildman–Crippen MR) is 112 cm³/mol. The summed E-state index contributed by atoms with van der Waals surface area (Å²) in [4.78, 5) is 18.1. The minimum absolute atomic E-state index is 0.0668. The molecule has 1 N–H and O–H groups in total. The maximum atomic E-state index is 9.52. The largest absolute Gasteiger partial charge is 0.468 e. The number of para-hydroxylation sites is 1. The van der Waals surface area contributed by atoms with Gasteiger partial charge in [0.15, 0.2) is 5.82 Å². The number of fused-ring (bicyclic) bond motifs is 1. The van der Waals surface area contributed by atoms with E-state index < -0.39 is 0 Å². The molecule has 0 amide bonds. The maximum Gasteiger partial charge on any atom is 0.258 e. The number of aliphatic hydroxyl groups is 1. The van der Waals surface area contributed by atoms with E-state index >= 15 is 0 Å². The van der Waals surface area contributed by atoms with Gasteiger partial charge in [0.25, 0.3) is 5.88 Å². The molecule has 2 saturated heterocycles. The second kappa shape index (κ2) is 7.83. The number of rotatable bonds is 5. The van der Waals surface area contributed by atoms with E-state index in [0.717, 1.165) is 61.6 Å². The monoisotopic (exact) mass is 391 g/mol. The van der Waals surface area contributed by atoms with Crippen LogP contribution < -0.4 is 14.5 Å². The third kappa shape index (κ3) is 3.70. The first-order chi connectivity index (χ1) is 14.3. The lowest BCUT2D eigenvalue weighted by molar-refractivity contribution is 0.159. The Kier molecular flexibility index (Phi) is 4.89. The van der Waals surface area contributed by atoms with Crippen LogP contribution in [0, 0.1) is 5.92 Å². The Morgan fingerprint density at radius 2 is 1.86 bits per heavy atom. The summed E-state index contributed by atoms with van der Waals surface area (Å²) >= 11 is 0. The van der Waals surface area contributed by atoms with Crippen molar-refractivity contribution in [3.05, 3.63) is 48.8 Å². The van der Waals surface area contributed by atoms with Crippen LogP contribution in [0.3, 0.4) is 0 Å². The van der Waals surface area contributed by atoms with Crippen molar-refractivity contribution in [2.24, 2.45) is 5.92 Å². The molecule has 29 heavy (non-hydrogen) atoms. The van der Waals surface area contributed by atoms with E-state index in [1.54, 1.807) is 12.4 Å². The Balaban J connectivity index is 1.25. The van der Waals surface area contributed by atoms with Crippen molar-refractivity contribution in [3.63, 3.8) is 0 Å². The lowest BCUT2D eigenvalue weighted by atomic mass is 9.99. The number of aromatic nitrogens is 3. The van der Waals surface area contributed by atoms with Gasteiger partial charge in [-0.3, -0.25) is 0 Å². The summed E-state index contributed by atoms with van der Waals surface area (Å²) in [5.41, 5.74) is 1.01. The average Bonchev–Trinajstić information content (AvgIpc) is 2.76. The van der Waals surface area contributed by atoms with Crippen LogP contribution in [0.4, 0.5) is 11.6 Å². The molecule has 1 unspecified atom stereocenters. The smallest absolute Gasteiger partial charge is 0.258 e. The van der Waals surface area contributed by atoms with Gasteiger partial charge in [0.2, 0.25) is 0 Å². The van der Waals surface area contributed by atoms with E-state index in [0.29, 0.717) is 5.88 Å². The van der Waals surface area contributed by atoms with Gasteiger partial charge in [-0.15, -0.1) is 0 Å². The molecule has 0 aliphatic carbocycles. The molecule has 0 bridgehead atoms. The van der Waals surface area contributed by atoms with Crippen molar-refractivity contribution < 1.29 is 9.84 Å². The van der Waals surface area contributed by atoms with Crippen molar-refractivity contribution in [3.8, 4) is 5.88 Å². The number of aliphatic hydroxyl groups excluding tert-OH is 1. The van der Waals surface area contributed by atoms with Gasteiger partial charge in [0, 0.05) is 37.5 Å². The highest BCUT2D eigenvalue weighted by Gasteiger charge is 2.32. The fraction of sp³-hybridized carbons (Fsp3) is 0.409. The average molecular weight is 391 g/mol. The van der Waals surface area contributed by atoms with Crippen LogP contribution in [-0.4, -0.2) is 58.9 Å². The Labute approximate surface area is 170 Å². The summed E-state index contributed by atoms with van der Waals surface area (Å²) < 4.78 is 6.20. The van der Waals surface area contributed by atoms with Crippen LogP contribution in [0.5, 0.6) is 5.88 Å². The lowest BCUT2D eigenvalue weighted by Crippen LogP contribution is -2.54. The summed E-state index contributed by atoms with van der Waals surface area (Å²) in [5.74, 6) is 2.64. The number of benzene rings is 1. The van der Waals surface area contributed by atoms with E-state index in [1.807, 2.05) is 18.2 Å². The number of anilines is 2. The summed E-state index contributed by atoms with van der Waals surface area (Å²) in [6.45, 7) is 3.48. The number of pyridine rings is 1. The third-order valence-electron chi connectivity index (χ3n) is 5.76. The molecule has 2 fully saturated rings. The van der Waals surface area contributed by atoms with Crippen molar-refractivity contribution >= 4 is 22.5 Å². The van der Waals surface area contributed by atoms with Gasteiger partial charge in [-0.05, 0) is 37.0 Å². The summed E-state index contributed by atoms with van der Waals surface area (Å²) in [5, 5.41) is 10.7. The highest BCUT2D eigenvalue weighted by Crippen LogP contribution is 2.30. The SMILES string of the molecule is OCC1CCCN(c2nccnc2OC2CN(c3ccc4ccccc4n3)C2)C1. The molecule has 7 heteroatoms. The molecule has 2 aliphatic rings. The normalized spacial score (nSPS) is 20.0. The predicted octanol–water partition coefficient (Wildman–Crippen LogP) is 2.50. The molecule has 150 valence electrons. The maximum absolute atomic E-state index is 9.52. The van der Waals surface area contributed by atoms with Crippen LogP contribution in [0.1, 0.15) is 12.8 Å². The summed E-state index contributed by atoms with van der Waals surface area (Å²) in [6.07, 6.45) is 5.55. The molecule has 7 nitrogen and oxygen atoms in total. The number of hydrogen-bond donors (Lipinski definition) is 1. The molecule has 1 aromatic carbocycles. The summed E-state index contributed by atoms with van der Waals surface area (Å²) in [6, 6.07) is 12.3. The standard InChI is InChI=1S/C22H25N5O2/c28-15-16-4-3-11-26(12-16)21-22(24-10-9-23-21)29-18-13-27(14-18)20-8-7-17-5-1-2-6-19(17)25-20/h1-2,5-10,16,18,28H,3-4,11-15H2. The molecule has 2 aliphatic heterocycles. The first kappa shape index (κ1) is 18.1. The zero-order chi connectivity index (χ0) is 19.6. The first-order valence-corrected chi connectivity index (χ1v) is 10.2. The number of ether oxygens (including phenoxy) is 1. The van der Waals surface area contributed by atoms with E-state index in [2.05, 4.69) is 38.0 Å². The van der Waals surface area contributed by atoms with E-state index in [4.69, 9.17) is 9.72 Å². The van der Waals surface area contributed by atoms with Crippen LogP contribution in [0.15, 0.2) is 48.8 Å². The third-order valence-corrected chi connectivity index (χ3v) is 5.76. The second-order valence-corrected chi connectivity index (χ2v) is 7.83. The van der Waals surface area contributed by atoms with Crippen LogP contribution in [-0.2, 0) is 0 Å². The van der Waals surface area contributed by atoms with Gasteiger partial charge >= 0.3 is 0 Å². The topological polar surface area (TPSA) is 74.6 Å². The Bertz CT molecular complexity index is 992. The Hall–Kier alpha value is -2.93. The second-order valence-electron chi connectivity index (χ2n) is 7.83. The van der Waals surface area contributed by atoms with Gasteiger partial charge in [-0.1, -0.05) is 18.2 Å². The zero-order valence-corrected chi connectivity index (χ0v) is 16.3. The van der Waals surface area contributed by atoms with Crippen molar-refractivity contribution in [2.45, 2.75) is 18.9 Å². The first-order valence-electron chi connectivity index (χ1n) is 10.2. The van der Waals surface area contributed by atoms with Crippen LogP contribution >= 0.6 is 0 Å². The molecule has 5 rings (SSSR count). The highest BCUT2D eigenvalue weighted by molar-refractivity contribution is 5.80. The molecule has 3 aromatic rings. The van der Waals surface area contributed by atoms with Crippen LogP contribution in [0.25, 0.3) is 10.9 Å². The molecule has 0 saturated carbocycles. The van der Waals surface area contributed by atoms with Crippen molar-refractivity contribution in [1.82, 2.24) is 15.0 Å². The molecule has 2 aromatic heterocycles. The highest BCUT2D eigenvalue weighted by atomic mass is 16.5. The lowest BCUT2D eigenvalue weighted by Gasteiger charge is -2.40. The van der Waals surface area contributed by atoms with Gasteiger partial charge < -0.3 is 19.6 Å². The molecular formula is C22H25N5O2. The van der Waals surface area contributed by atoms with Gasteiger partial charge in [0.1, 0.15) is 11.9 Å². The van der Waals surface area contributed by atoms with Crippen molar-refractivity contribution in [2.75, 3.05) is 42.6 Å². The minimum Gasteiger partial charge on any atom is -0.468 e. The zero-order valence-electron chi connectivity index (χ0n) is 16.3. The fourth-order valence-electron chi connectivity index (χ4n) is 4.11. The van der Waals surface area contributed by atoms with E-state index in [-0.39, 0.29) is 18.6 Å². The summed E-state index contributed by atoms with van der Waals surface area (Å²) in [7, 11) is 0. The van der Waals surface area contributed by atoms with Crippen LogP contribution in [0.2, 0.25) is 0 Å². The Morgan fingerprint density at radius 1 is 1.00 bits per heavy atom. The quantitative estimate of drug-likeness (QED) is 0.716. The number of piperidine rings is 1. The Morgan fingerprint density at radius 3 is 2.76 bits per heavy atom. The minimum atomic E-state index is 0.0668. The molecule has 0 spiro atoms. The van der Waals surface area contributed by atoms with Gasteiger partial charge in [-0.25, -0.2) is 15.0 Å². The molecule has 0 radical (unpaired) electrons. The van der Waals surface area contributed by atoms with Gasteiger partial charge in [0.05, 0.1) is 18.6 Å². The van der Waals surface area contributed by atoms with E-state index in [9.17, 15) is 5.11 Å². The van der Waals surface area contributed by atoms with Crippen molar-refractivity contribution in [1.29, 1.82) is 0 Å². The molecular weight excluding hydrogens is 366 g/mol. The fourth-order valence-corrected chi connectivity index (χ4v) is 4.11. The van der Waals surface area contributed by atoms with Gasteiger partial charge in [-0.2, -0.15) is 0 Å². The molecule has 4 heterocycles. The molecule has 1 atom stereocenters. The number of hydrogen-bond acceptors (Lipinski definition) is 7. The number of nitrogens with zero attached hydrogens (tertiary/aromatic N) is 5. The van der Waals surface area contributed by atoms with E-state index in [1.165, 1.54) is 0 Å².